The number of nitrogens with zero attached hydrogens (tertiary/aromatic N) is 1. The maximum Gasteiger partial charge on any atom is 0.191 e. The molecule has 0 aliphatic rings. The third kappa shape index (κ3) is 12.6. The summed E-state index contributed by atoms with van der Waals surface area (Å²) >= 11 is 0. The Labute approximate surface area is 191 Å². The van der Waals surface area contributed by atoms with Crippen LogP contribution < -0.4 is 10.6 Å². The Kier molecular flexibility index (Phi) is 15.2. The van der Waals surface area contributed by atoms with E-state index < -0.39 is 0 Å². The second-order valence-corrected chi connectivity index (χ2v) is 6.42. The Morgan fingerprint density at radius 1 is 0.966 bits per heavy atom. The number of hydrogen-bond acceptors (Lipinski definition) is 4. The van der Waals surface area contributed by atoms with Crippen LogP contribution in [0.15, 0.2) is 58.1 Å². The number of furan rings is 1. The van der Waals surface area contributed by atoms with E-state index in [4.69, 9.17) is 13.9 Å². The minimum atomic E-state index is 0. The van der Waals surface area contributed by atoms with E-state index in [1.54, 1.807) is 6.26 Å². The number of benzene rings is 1. The van der Waals surface area contributed by atoms with E-state index in [0.29, 0.717) is 26.4 Å². The van der Waals surface area contributed by atoms with Crippen molar-refractivity contribution >= 4 is 29.9 Å². The lowest BCUT2D eigenvalue weighted by Gasteiger charge is -2.12. The van der Waals surface area contributed by atoms with E-state index in [-0.39, 0.29) is 24.0 Å². The lowest BCUT2D eigenvalue weighted by Crippen LogP contribution is -2.39. The van der Waals surface area contributed by atoms with Crippen molar-refractivity contribution in [2.24, 2.45) is 4.99 Å². The van der Waals surface area contributed by atoms with Crippen LogP contribution in [0.1, 0.15) is 31.1 Å². The number of ether oxygens (including phenoxy) is 2. The van der Waals surface area contributed by atoms with Crippen molar-refractivity contribution in [3.05, 3.63) is 60.1 Å². The van der Waals surface area contributed by atoms with E-state index >= 15 is 0 Å². The molecule has 0 aliphatic carbocycles. The number of hydrogen-bond donors (Lipinski definition) is 2. The number of nitrogens with one attached hydrogen (secondary N) is 2. The highest BCUT2D eigenvalue weighted by Crippen LogP contribution is 2.00. The molecule has 0 bridgehead atoms. The summed E-state index contributed by atoms with van der Waals surface area (Å²) in [5.41, 5.74) is 1.19. The Bertz CT molecular complexity index is 636. The van der Waals surface area contributed by atoms with Crippen LogP contribution in [0.5, 0.6) is 0 Å². The standard InChI is InChI=1S/C22H33N3O3.HI/c1-2-12-23-22(25-14-11-21-10-6-16-28-21)24-13-7-15-26-17-18-27-19-20-8-4-3-5-9-20;/h3-6,8-10,16H,2,7,11-15,17-19H2,1H3,(H2,23,24,25);1H. The summed E-state index contributed by atoms with van der Waals surface area (Å²) < 4.78 is 16.6. The van der Waals surface area contributed by atoms with Gasteiger partial charge in [0.1, 0.15) is 5.76 Å². The van der Waals surface area contributed by atoms with Gasteiger partial charge in [0.2, 0.25) is 0 Å². The van der Waals surface area contributed by atoms with Crippen molar-refractivity contribution in [3.8, 4) is 0 Å². The Morgan fingerprint density at radius 3 is 2.52 bits per heavy atom. The van der Waals surface area contributed by atoms with Gasteiger partial charge in [-0.2, -0.15) is 0 Å². The molecule has 0 saturated carbocycles. The molecule has 0 amide bonds. The minimum absolute atomic E-state index is 0. The number of aliphatic imine (C=N–C) groups is 1. The first-order chi connectivity index (χ1) is 13.9. The molecule has 2 rings (SSSR count). The third-order valence-corrected chi connectivity index (χ3v) is 3.98. The molecule has 6 nitrogen and oxygen atoms in total. The average Bonchev–Trinajstić information content (AvgIpc) is 3.24. The van der Waals surface area contributed by atoms with Crippen molar-refractivity contribution in [1.82, 2.24) is 10.6 Å². The fourth-order valence-electron chi connectivity index (χ4n) is 2.52. The first-order valence-corrected chi connectivity index (χ1v) is 10.1. The molecule has 1 aromatic carbocycles. The molecule has 7 heteroatoms. The molecule has 0 atom stereocenters. The van der Waals surface area contributed by atoms with Gasteiger partial charge in [-0.1, -0.05) is 37.3 Å². The summed E-state index contributed by atoms with van der Waals surface area (Å²) in [7, 11) is 0. The molecular formula is C22H34IN3O3. The van der Waals surface area contributed by atoms with Crippen LogP contribution >= 0.6 is 24.0 Å². The Balaban J connectivity index is 0.00000420. The first kappa shape index (κ1) is 25.5. The lowest BCUT2D eigenvalue weighted by atomic mass is 10.2. The van der Waals surface area contributed by atoms with E-state index in [2.05, 4.69) is 34.7 Å². The number of rotatable bonds is 14. The summed E-state index contributed by atoms with van der Waals surface area (Å²) in [6.45, 7) is 7.11. The van der Waals surface area contributed by atoms with E-state index in [0.717, 1.165) is 50.6 Å². The molecule has 0 radical (unpaired) electrons. The number of halogens is 1. The highest BCUT2D eigenvalue weighted by atomic mass is 127. The molecule has 0 spiro atoms. The van der Waals surface area contributed by atoms with E-state index in [9.17, 15) is 0 Å². The van der Waals surface area contributed by atoms with Gasteiger partial charge >= 0.3 is 0 Å². The molecule has 162 valence electrons. The molecular weight excluding hydrogens is 481 g/mol. The largest absolute Gasteiger partial charge is 0.469 e. The van der Waals surface area contributed by atoms with Gasteiger partial charge in [0, 0.05) is 32.7 Å². The zero-order valence-corrected chi connectivity index (χ0v) is 19.6. The predicted molar refractivity (Wildman–Crippen MR) is 128 cm³/mol. The van der Waals surface area contributed by atoms with Gasteiger partial charge in [0.15, 0.2) is 5.96 Å². The SMILES string of the molecule is CCCN=C(NCCCOCCOCc1ccccc1)NCCc1ccco1.I. The third-order valence-electron chi connectivity index (χ3n) is 3.98. The molecule has 0 fully saturated rings. The maximum absolute atomic E-state index is 5.63. The molecule has 1 heterocycles. The smallest absolute Gasteiger partial charge is 0.191 e. The van der Waals surface area contributed by atoms with Crippen molar-refractivity contribution in [1.29, 1.82) is 0 Å². The van der Waals surface area contributed by atoms with Gasteiger partial charge < -0.3 is 24.5 Å². The van der Waals surface area contributed by atoms with E-state index in [1.165, 1.54) is 5.56 Å². The van der Waals surface area contributed by atoms with Crippen LogP contribution in [0.2, 0.25) is 0 Å². The highest BCUT2D eigenvalue weighted by Gasteiger charge is 2.00. The monoisotopic (exact) mass is 515 g/mol. The Morgan fingerprint density at radius 2 is 1.76 bits per heavy atom. The zero-order valence-electron chi connectivity index (χ0n) is 17.3. The molecule has 0 saturated heterocycles. The van der Waals surface area contributed by atoms with Crippen molar-refractivity contribution in [3.63, 3.8) is 0 Å². The minimum Gasteiger partial charge on any atom is -0.469 e. The quantitative estimate of drug-likeness (QED) is 0.172. The van der Waals surface area contributed by atoms with Gasteiger partial charge in [-0.05, 0) is 30.5 Å². The molecule has 2 N–H and O–H groups in total. The zero-order chi connectivity index (χ0) is 19.7. The normalized spacial score (nSPS) is 11.1. The van der Waals surface area contributed by atoms with Crippen molar-refractivity contribution in [2.45, 2.75) is 32.8 Å². The van der Waals surface area contributed by atoms with Crippen molar-refractivity contribution < 1.29 is 13.9 Å². The summed E-state index contributed by atoms with van der Waals surface area (Å²) in [6.07, 6.45) is 4.49. The summed E-state index contributed by atoms with van der Waals surface area (Å²) in [5, 5.41) is 6.70. The fourth-order valence-corrected chi connectivity index (χ4v) is 2.52. The van der Waals surface area contributed by atoms with Crippen LogP contribution in [0.3, 0.4) is 0 Å². The lowest BCUT2D eigenvalue weighted by molar-refractivity contribution is 0.0401. The van der Waals surface area contributed by atoms with Gasteiger partial charge in [0.25, 0.3) is 0 Å². The molecule has 0 unspecified atom stereocenters. The second kappa shape index (κ2) is 17.3. The fraction of sp³-hybridized carbons (Fsp3) is 0.500. The summed E-state index contributed by atoms with van der Waals surface area (Å²) in [6, 6.07) is 14.1. The molecule has 29 heavy (non-hydrogen) atoms. The average molecular weight is 515 g/mol. The number of guanidine groups is 1. The van der Waals surface area contributed by atoms with Crippen molar-refractivity contribution in [2.75, 3.05) is 39.5 Å². The molecule has 0 aliphatic heterocycles. The first-order valence-electron chi connectivity index (χ1n) is 10.1. The molecule has 2 aromatic rings. The van der Waals surface area contributed by atoms with E-state index in [1.807, 2.05) is 30.3 Å². The van der Waals surface area contributed by atoms with Crippen LogP contribution in [-0.4, -0.2) is 45.4 Å². The topological polar surface area (TPSA) is 68.0 Å². The maximum atomic E-state index is 5.63. The van der Waals surface area contributed by atoms with Crippen LogP contribution in [0.4, 0.5) is 0 Å². The Hall–Kier alpha value is -1.58. The highest BCUT2D eigenvalue weighted by molar-refractivity contribution is 14.0. The summed E-state index contributed by atoms with van der Waals surface area (Å²) in [5.74, 6) is 1.82. The second-order valence-electron chi connectivity index (χ2n) is 6.42. The van der Waals surface area contributed by atoms with Gasteiger partial charge in [0.05, 0.1) is 26.1 Å². The van der Waals surface area contributed by atoms with Gasteiger partial charge in [-0.15, -0.1) is 24.0 Å². The van der Waals surface area contributed by atoms with Crippen LogP contribution in [-0.2, 0) is 22.5 Å². The van der Waals surface area contributed by atoms with Crippen LogP contribution in [0.25, 0.3) is 0 Å². The summed E-state index contributed by atoms with van der Waals surface area (Å²) in [4.78, 5) is 4.55. The van der Waals surface area contributed by atoms with Gasteiger partial charge in [-0.25, -0.2) is 0 Å². The van der Waals surface area contributed by atoms with Gasteiger partial charge in [-0.3, -0.25) is 4.99 Å². The van der Waals surface area contributed by atoms with Crippen LogP contribution in [0, 0.1) is 0 Å². The predicted octanol–water partition coefficient (Wildman–Crippen LogP) is 4.01. The molecule has 1 aromatic heterocycles.